The van der Waals surface area contributed by atoms with Crippen molar-refractivity contribution in [1.82, 2.24) is 19.1 Å². The van der Waals surface area contributed by atoms with E-state index < -0.39 is 0 Å². The molecule has 0 radical (unpaired) electrons. The predicted octanol–water partition coefficient (Wildman–Crippen LogP) is 15.6. The highest BCUT2D eigenvalue weighted by Gasteiger charge is 2.21. The van der Waals surface area contributed by atoms with Gasteiger partial charge in [-0.3, -0.25) is 0 Å². The molecule has 0 bridgehead atoms. The van der Waals surface area contributed by atoms with E-state index in [1.54, 1.807) is 0 Å². The van der Waals surface area contributed by atoms with Gasteiger partial charge in [0.15, 0.2) is 5.82 Å². The lowest BCUT2D eigenvalue weighted by molar-refractivity contribution is 1.13. The molecule has 0 unspecified atom stereocenters. The van der Waals surface area contributed by atoms with Crippen LogP contribution in [0, 0.1) is 0 Å². The van der Waals surface area contributed by atoms with Gasteiger partial charge in [-0.1, -0.05) is 182 Å². The normalized spacial score (nSPS) is 11.8. The van der Waals surface area contributed by atoms with E-state index in [9.17, 15) is 0 Å². The van der Waals surface area contributed by atoms with Crippen molar-refractivity contribution in [3.05, 3.63) is 231 Å². The first-order valence-corrected chi connectivity index (χ1v) is 21.8. The number of fused-ring (bicyclic) bond motifs is 10. The van der Waals surface area contributed by atoms with E-state index in [-0.39, 0.29) is 0 Å². The summed E-state index contributed by atoms with van der Waals surface area (Å²) in [7, 11) is 0. The lowest BCUT2D eigenvalue weighted by Gasteiger charge is -2.17. The highest BCUT2D eigenvalue weighted by molar-refractivity contribution is 6.22. The van der Waals surface area contributed by atoms with Gasteiger partial charge in [0.1, 0.15) is 0 Å². The SMILES string of the molecule is c1ccc(-c2nc(-c3cc(-n4c5ccccc5c5c6ccccc6ccc54)cc(-n4c5ccccc5c5c6ccccc6ccc54)c3)cc(-c3ccccc3-c3ccccc3)n2)cc1. The monoisotopic (exact) mass is 814 g/mol. The number of aromatic nitrogens is 4. The summed E-state index contributed by atoms with van der Waals surface area (Å²) in [6.07, 6.45) is 0. The minimum absolute atomic E-state index is 0.676. The van der Waals surface area contributed by atoms with E-state index in [1.807, 2.05) is 6.07 Å². The van der Waals surface area contributed by atoms with Crippen molar-refractivity contribution in [2.75, 3.05) is 0 Å². The second-order valence-corrected chi connectivity index (χ2v) is 16.5. The van der Waals surface area contributed by atoms with Gasteiger partial charge < -0.3 is 9.13 Å². The molecule has 4 heteroatoms. The summed E-state index contributed by atoms with van der Waals surface area (Å²) in [6, 6.07) is 82.8. The molecule has 13 aromatic rings. The van der Waals surface area contributed by atoms with Gasteiger partial charge in [-0.15, -0.1) is 0 Å². The van der Waals surface area contributed by atoms with E-state index in [0.29, 0.717) is 5.82 Å². The molecular weight excluding hydrogens is 777 g/mol. The second-order valence-electron chi connectivity index (χ2n) is 16.5. The maximum atomic E-state index is 5.45. The molecule has 0 spiro atoms. The van der Waals surface area contributed by atoms with Crippen molar-refractivity contribution < 1.29 is 0 Å². The van der Waals surface area contributed by atoms with Gasteiger partial charge in [0.05, 0.1) is 33.5 Å². The average Bonchev–Trinajstić information content (AvgIpc) is 3.90. The van der Waals surface area contributed by atoms with Crippen LogP contribution in [0.5, 0.6) is 0 Å². The van der Waals surface area contributed by atoms with Crippen molar-refractivity contribution >= 4 is 65.2 Å². The van der Waals surface area contributed by atoms with Gasteiger partial charge >= 0.3 is 0 Å². The van der Waals surface area contributed by atoms with E-state index >= 15 is 0 Å². The van der Waals surface area contributed by atoms with Crippen molar-refractivity contribution in [3.8, 4) is 56.4 Å². The largest absolute Gasteiger partial charge is 0.309 e. The lowest BCUT2D eigenvalue weighted by atomic mass is 9.96. The maximum absolute atomic E-state index is 5.45. The fourth-order valence-electron chi connectivity index (χ4n) is 10.1. The van der Waals surface area contributed by atoms with Gasteiger partial charge in [-0.25, -0.2) is 9.97 Å². The fraction of sp³-hybridized carbons (Fsp3) is 0. The van der Waals surface area contributed by atoms with Crippen LogP contribution in [0.25, 0.3) is 122 Å². The van der Waals surface area contributed by atoms with Crippen LogP contribution < -0.4 is 0 Å². The third kappa shape index (κ3) is 5.70. The molecule has 0 atom stereocenters. The highest BCUT2D eigenvalue weighted by atomic mass is 15.0. The summed E-state index contributed by atoms with van der Waals surface area (Å²) < 4.78 is 4.89. The van der Waals surface area contributed by atoms with Crippen LogP contribution in [-0.2, 0) is 0 Å². The third-order valence-electron chi connectivity index (χ3n) is 12.9. The van der Waals surface area contributed by atoms with Gasteiger partial charge in [-0.05, 0) is 81.2 Å². The molecule has 0 N–H and O–H groups in total. The summed E-state index contributed by atoms with van der Waals surface area (Å²) in [4.78, 5) is 10.8. The van der Waals surface area contributed by atoms with Crippen LogP contribution in [0.15, 0.2) is 231 Å². The Hall–Kier alpha value is -8.60. The molecule has 64 heavy (non-hydrogen) atoms. The molecule has 0 amide bonds. The minimum atomic E-state index is 0.676. The molecule has 0 saturated carbocycles. The number of benzene rings is 10. The number of nitrogens with zero attached hydrogens (tertiary/aromatic N) is 4. The van der Waals surface area contributed by atoms with Crippen molar-refractivity contribution in [1.29, 1.82) is 0 Å². The van der Waals surface area contributed by atoms with Crippen LogP contribution in [0.3, 0.4) is 0 Å². The topological polar surface area (TPSA) is 35.6 Å². The molecule has 3 aromatic heterocycles. The number of rotatable bonds is 6. The summed E-state index contributed by atoms with van der Waals surface area (Å²) in [6.45, 7) is 0. The first kappa shape index (κ1) is 36.1. The Morgan fingerprint density at radius 2 is 0.734 bits per heavy atom. The third-order valence-corrected chi connectivity index (χ3v) is 12.9. The Morgan fingerprint density at radius 1 is 0.281 bits per heavy atom. The lowest BCUT2D eigenvalue weighted by Crippen LogP contribution is -2.02. The average molecular weight is 815 g/mol. The zero-order chi connectivity index (χ0) is 42.1. The van der Waals surface area contributed by atoms with Crippen LogP contribution in [0.2, 0.25) is 0 Å². The number of hydrogen-bond donors (Lipinski definition) is 0. The van der Waals surface area contributed by atoms with Crippen molar-refractivity contribution in [3.63, 3.8) is 0 Å². The molecule has 298 valence electrons. The summed E-state index contributed by atoms with van der Waals surface area (Å²) in [5.74, 6) is 0.676. The molecular formula is C60H38N4. The molecule has 10 aromatic carbocycles. The first-order valence-electron chi connectivity index (χ1n) is 21.8. The molecule has 0 aliphatic carbocycles. The van der Waals surface area contributed by atoms with E-state index in [4.69, 9.17) is 9.97 Å². The summed E-state index contributed by atoms with van der Waals surface area (Å²) in [5, 5.41) is 9.87. The summed E-state index contributed by atoms with van der Waals surface area (Å²) in [5.41, 5.74) is 13.7. The Bertz CT molecular complexity index is 3780. The van der Waals surface area contributed by atoms with Crippen LogP contribution in [-0.4, -0.2) is 19.1 Å². The first-order chi connectivity index (χ1) is 31.7. The van der Waals surface area contributed by atoms with Gasteiger partial charge in [0.25, 0.3) is 0 Å². The molecule has 0 aliphatic rings. The van der Waals surface area contributed by atoms with E-state index in [2.05, 4.69) is 234 Å². The minimum Gasteiger partial charge on any atom is -0.309 e. The van der Waals surface area contributed by atoms with E-state index in [1.165, 1.54) is 43.1 Å². The molecule has 0 fully saturated rings. The Labute approximate surface area is 369 Å². The molecule has 0 aliphatic heterocycles. The molecule has 4 nitrogen and oxygen atoms in total. The Kier molecular flexibility index (Phi) is 8.18. The molecule has 3 heterocycles. The second kappa shape index (κ2) is 14.5. The van der Waals surface area contributed by atoms with Gasteiger partial charge in [0, 0.05) is 49.6 Å². The van der Waals surface area contributed by atoms with Gasteiger partial charge in [-0.2, -0.15) is 0 Å². The molecule has 13 rings (SSSR count). The van der Waals surface area contributed by atoms with Gasteiger partial charge in [0.2, 0.25) is 0 Å². The number of para-hydroxylation sites is 2. The number of hydrogen-bond acceptors (Lipinski definition) is 2. The van der Waals surface area contributed by atoms with E-state index in [0.717, 1.165) is 72.6 Å². The zero-order valence-electron chi connectivity index (χ0n) is 34.7. The Balaban J connectivity index is 1.14. The maximum Gasteiger partial charge on any atom is 0.160 e. The standard InChI is InChI=1S/C60H38N4/c1-3-17-39(18-4-1)46-23-11-12-26-49(46)53-38-52(61-60(62-53)42-21-5-2-6-22-42)43-35-44(63-54-29-15-13-27-50(54)58-47-24-9-7-19-40(47)31-33-56(58)63)37-45(36-43)64-55-30-16-14-28-51(55)59-48-25-10-8-20-41(48)32-34-57(59)64/h1-38H. The predicted molar refractivity (Wildman–Crippen MR) is 267 cm³/mol. The quantitative estimate of drug-likeness (QED) is 0.168. The summed E-state index contributed by atoms with van der Waals surface area (Å²) >= 11 is 0. The molecule has 0 saturated heterocycles. The van der Waals surface area contributed by atoms with Crippen LogP contribution in [0.1, 0.15) is 0 Å². The van der Waals surface area contributed by atoms with Crippen LogP contribution in [0.4, 0.5) is 0 Å². The Morgan fingerprint density at radius 3 is 1.31 bits per heavy atom. The van der Waals surface area contributed by atoms with Crippen LogP contribution >= 0.6 is 0 Å². The van der Waals surface area contributed by atoms with Crippen molar-refractivity contribution in [2.45, 2.75) is 0 Å². The fourth-order valence-corrected chi connectivity index (χ4v) is 10.1. The van der Waals surface area contributed by atoms with Crippen molar-refractivity contribution in [2.24, 2.45) is 0 Å². The smallest absolute Gasteiger partial charge is 0.160 e. The zero-order valence-corrected chi connectivity index (χ0v) is 34.7. The highest BCUT2D eigenvalue weighted by Crippen LogP contribution is 2.42.